The van der Waals surface area contributed by atoms with Gasteiger partial charge in [-0.25, -0.2) is 14.6 Å². The van der Waals surface area contributed by atoms with Crippen LogP contribution < -0.4 is 41.9 Å². The predicted octanol–water partition coefficient (Wildman–Crippen LogP) is 4.44. The van der Waals surface area contributed by atoms with Gasteiger partial charge in [0.15, 0.2) is 22.9 Å². The number of carbonyl (C=O) groups is 1. The van der Waals surface area contributed by atoms with E-state index in [2.05, 4.69) is 63.0 Å². The molecule has 3 aliphatic carbocycles. The number of H-pyrrole nitrogens is 2. The molecule has 5 heterocycles. The molecule has 0 radical (unpaired) electrons. The smallest absolute Gasteiger partial charge is 0.277 e. The number of aromatic nitrogens is 10. The van der Waals surface area contributed by atoms with Crippen molar-refractivity contribution in [1.82, 2.24) is 49.7 Å². The number of ether oxygens (including phenoxy) is 2. The second-order valence-corrected chi connectivity index (χ2v) is 16.5. The van der Waals surface area contributed by atoms with E-state index < -0.39 is 6.23 Å². The number of aryl methyl sites for hydroxylation is 3. The summed E-state index contributed by atoms with van der Waals surface area (Å²) in [5.74, 6) is 2.95. The summed E-state index contributed by atoms with van der Waals surface area (Å²) in [5.41, 5.74) is 4.16. The molecule has 0 bridgehead atoms. The van der Waals surface area contributed by atoms with Crippen molar-refractivity contribution in [2.24, 2.45) is 44.8 Å². The van der Waals surface area contributed by atoms with Gasteiger partial charge < -0.3 is 35.8 Å². The van der Waals surface area contributed by atoms with Crippen LogP contribution in [0.5, 0.6) is 11.5 Å². The number of hydrogen-bond donors (Lipinski definition) is 7. The van der Waals surface area contributed by atoms with E-state index in [9.17, 15) is 19.5 Å². The van der Waals surface area contributed by atoms with Gasteiger partial charge in [0.25, 0.3) is 11.1 Å². The predicted molar refractivity (Wildman–Crippen MR) is 231 cm³/mol. The fourth-order valence-electron chi connectivity index (χ4n) is 8.94. The molecule has 7 N–H and O–H groups in total. The summed E-state index contributed by atoms with van der Waals surface area (Å²) in [5, 5.41) is 42.0. The Bertz CT molecular complexity index is 3020. The third-order valence-corrected chi connectivity index (χ3v) is 12.6. The third kappa shape index (κ3) is 6.85. The van der Waals surface area contributed by atoms with Crippen molar-refractivity contribution in [2.45, 2.75) is 44.2 Å². The van der Waals surface area contributed by atoms with Gasteiger partial charge in [-0.2, -0.15) is 0 Å². The van der Waals surface area contributed by atoms with E-state index in [1.165, 1.54) is 14.0 Å². The molecule has 5 unspecified atom stereocenters. The summed E-state index contributed by atoms with van der Waals surface area (Å²) >= 11 is 0. The van der Waals surface area contributed by atoms with E-state index in [1.807, 2.05) is 30.3 Å². The van der Waals surface area contributed by atoms with Crippen molar-refractivity contribution >= 4 is 62.4 Å². The highest BCUT2D eigenvalue weighted by molar-refractivity contribution is 5.99. The minimum atomic E-state index is -0.725. The van der Waals surface area contributed by atoms with E-state index >= 15 is 0 Å². The number of rotatable bonds is 14. The fourth-order valence-corrected chi connectivity index (χ4v) is 8.94. The third-order valence-electron chi connectivity index (χ3n) is 12.6. The maximum atomic E-state index is 13.8. The van der Waals surface area contributed by atoms with Crippen molar-refractivity contribution in [1.29, 1.82) is 0 Å². The zero-order chi connectivity index (χ0) is 43.0. The van der Waals surface area contributed by atoms with E-state index in [1.54, 1.807) is 47.5 Å². The average molecular weight is 843 g/mol. The number of carbonyl (C=O) groups excluding carboxylic acids is 1. The summed E-state index contributed by atoms with van der Waals surface area (Å²) in [6.45, 7) is 0. The molecule has 0 saturated heterocycles. The van der Waals surface area contributed by atoms with Crippen LogP contribution in [0.2, 0.25) is 0 Å². The first-order chi connectivity index (χ1) is 30.0. The Morgan fingerprint density at radius 1 is 0.823 bits per heavy atom. The van der Waals surface area contributed by atoms with E-state index in [0.29, 0.717) is 85.3 Å². The number of tetrazole rings is 1. The van der Waals surface area contributed by atoms with Crippen molar-refractivity contribution < 1.29 is 19.4 Å². The first kappa shape index (κ1) is 38.9. The molecular formula is C42H46N14O6. The minimum absolute atomic E-state index is 0.124. The van der Waals surface area contributed by atoms with Crippen LogP contribution in [-0.2, 0) is 25.9 Å². The van der Waals surface area contributed by atoms with Crippen LogP contribution in [0.4, 0.5) is 34.4 Å². The molecule has 320 valence electrons. The summed E-state index contributed by atoms with van der Waals surface area (Å²) < 4.78 is 15.9. The van der Waals surface area contributed by atoms with Crippen molar-refractivity contribution in [3.05, 3.63) is 74.8 Å². The first-order valence-electron chi connectivity index (χ1n) is 20.6. The standard InChI is InChI=1S/C42H46N14O6/c1-54-38(49-52-53-54)23-7-6-8-27(35(23)62-5)44-29-18-32(46-37-34(29)42(60)56(3)51-37)48-40(58)25-16-24(25)22-13-12-21(22)20-11-14-26(30(15-20)61-4)43-28-17-31(47-39(57)19-9-10-19)45-36-33(28)41(59)55(2)50-36/h6-8,11,14-15,17-19,21-22,24-25,39,57H,9-10,12-13,16H2,1-5H3,(H3,43,45,47,50)(H3,44,46,48,51,58). The molecule has 0 aliphatic heterocycles. The zero-order valence-corrected chi connectivity index (χ0v) is 34.7. The lowest BCUT2D eigenvalue weighted by Gasteiger charge is -2.38. The van der Waals surface area contributed by atoms with Gasteiger partial charge in [0, 0.05) is 45.1 Å². The largest absolute Gasteiger partial charge is 0.495 e. The van der Waals surface area contributed by atoms with Gasteiger partial charge in [-0.3, -0.25) is 33.9 Å². The number of hydrogen-bond acceptors (Lipinski definition) is 14. The van der Waals surface area contributed by atoms with Gasteiger partial charge in [-0.15, -0.1) is 5.10 Å². The Hall–Kier alpha value is -7.22. The van der Waals surface area contributed by atoms with Crippen LogP contribution in [0, 0.1) is 23.7 Å². The van der Waals surface area contributed by atoms with Crippen LogP contribution in [0.1, 0.15) is 43.6 Å². The van der Waals surface area contributed by atoms with Crippen LogP contribution in [-0.4, -0.2) is 81.2 Å². The topological polar surface area (TPSA) is 249 Å². The molecule has 5 aromatic heterocycles. The Morgan fingerprint density at radius 3 is 2.15 bits per heavy atom. The lowest BCUT2D eigenvalue weighted by atomic mass is 9.67. The second-order valence-electron chi connectivity index (χ2n) is 16.5. The Labute approximate surface area is 353 Å². The summed E-state index contributed by atoms with van der Waals surface area (Å²) in [6.07, 6.45) is 3.93. The Morgan fingerprint density at radius 2 is 1.52 bits per heavy atom. The molecule has 2 aromatic carbocycles. The molecule has 20 nitrogen and oxygen atoms in total. The van der Waals surface area contributed by atoms with Gasteiger partial charge >= 0.3 is 0 Å². The number of nitrogens with zero attached hydrogens (tertiary/aromatic N) is 8. The molecule has 7 aromatic rings. The van der Waals surface area contributed by atoms with E-state index in [0.717, 1.165) is 37.7 Å². The lowest BCUT2D eigenvalue weighted by Crippen LogP contribution is -2.28. The number of aliphatic hydroxyl groups is 1. The molecular weight excluding hydrogens is 797 g/mol. The van der Waals surface area contributed by atoms with Crippen molar-refractivity contribution in [2.75, 3.05) is 35.5 Å². The number of amides is 1. The number of pyridine rings is 2. The van der Waals surface area contributed by atoms with Crippen LogP contribution in [0.15, 0.2) is 58.1 Å². The number of nitrogens with one attached hydrogen (secondary N) is 6. The molecule has 62 heavy (non-hydrogen) atoms. The molecule has 3 aliphatic rings. The monoisotopic (exact) mass is 842 g/mol. The SMILES string of the molecule is COc1cc(C2CCC2C2CC2C(=O)Nc2cc(Nc3cccc(-c4nnnn4C)c3OC)c3c(=O)n(C)[nH]c3n2)ccc1Nc1cc(NC(O)C2CC2)nc2[nH]n(C)c(=O)c12. The van der Waals surface area contributed by atoms with Crippen LogP contribution in [0.25, 0.3) is 33.5 Å². The first-order valence-corrected chi connectivity index (χ1v) is 20.6. The zero-order valence-electron chi connectivity index (χ0n) is 34.7. The van der Waals surface area contributed by atoms with Crippen molar-refractivity contribution in [3.8, 4) is 22.9 Å². The lowest BCUT2D eigenvalue weighted by molar-refractivity contribution is -0.117. The number of methoxy groups -OCH3 is 2. The van der Waals surface area contributed by atoms with Crippen molar-refractivity contribution in [3.63, 3.8) is 0 Å². The summed E-state index contributed by atoms with van der Waals surface area (Å²) in [6, 6.07) is 14.9. The van der Waals surface area contributed by atoms with E-state index in [-0.39, 0.29) is 40.7 Å². The van der Waals surface area contributed by atoms with Gasteiger partial charge in [0.05, 0.1) is 42.5 Å². The molecule has 0 spiro atoms. The highest BCUT2D eigenvalue weighted by atomic mass is 16.5. The summed E-state index contributed by atoms with van der Waals surface area (Å²) in [7, 11) is 8.14. The van der Waals surface area contributed by atoms with Crippen LogP contribution in [0.3, 0.4) is 0 Å². The maximum Gasteiger partial charge on any atom is 0.277 e. The molecule has 20 heteroatoms. The van der Waals surface area contributed by atoms with Gasteiger partial charge in [0.2, 0.25) is 5.91 Å². The molecule has 3 fully saturated rings. The molecule has 5 atom stereocenters. The van der Waals surface area contributed by atoms with Gasteiger partial charge in [0.1, 0.15) is 34.4 Å². The number of para-hydroxylation sites is 1. The number of benzene rings is 2. The maximum absolute atomic E-state index is 13.8. The number of fused-ring (bicyclic) bond motifs is 2. The molecule has 3 saturated carbocycles. The fraction of sp³-hybridized carbons (Fsp3) is 0.381. The molecule has 10 rings (SSSR count). The highest BCUT2D eigenvalue weighted by Crippen LogP contribution is 2.58. The van der Waals surface area contributed by atoms with Crippen LogP contribution >= 0.6 is 0 Å². The Kier molecular flexibility index (Phi) is 9.45. The number of aromatic amines is 2. The van der Waals surface area contributed by atoms with E-state index in [4.69, 9.17) is 9.47 Å². The second kappa shape index (κ2) is 15.0. The number of anilines is 6. The normalized spacial score (nSPS) is 19.8. The van der Waals surface area contributed by atoms with Gasteiger partial charge in [-0.05, 0) is 90.1 Å². The quantitative estimate of drug-likeness (QED) is 0.0749. The average Bonchev–Trinajstić information content (AvgIpc) is 4.15. The summed E-state index contributed by atoms with van der Waals surface area (Å²) in [4.78, 5) is 49.4. The molecule has 1 amide bonds. The minimum Gasteiger partial charge on any atom is -0.495 e. The Balaban J connectivity index is 0.855. The number of aliphatic hydroxyl groups excluding tert-OH is 1. The van der Waals surface area contributed by atoms with Gasteiger partial charge in [-0.1, -0.05) is 12.1 Å². The highest BCUT2D eigenvalue weighted by Gasteiger charge is 2.53.